The van der Waals surface area contributed by atoms with E-state index in [9.17, 15) is 4.79 Å². The fraction of sp³-hybridized carbons (Fsp3) is 0.292. The molecule has 156 valence electrons. The van der Waals surface area contributed by atoms with Crippen LogP contribution in [0.3, 0.4) is 0 Å². The largest absolute Gasteiger partial charge is 0.511 e. The van der Waals surface area contributed by atoms with Crippen LogP contribution < -0.4 is 10.1 Å². The number of H-pyrrole nitrogens is 1. The smallest absolute Gasteiger partial charge is 0.449 e. The summed E-state index contributed by atoms with van der Waals surface area (Å²) in [5.41, 5.74) is 4.48. The van der Waals surface area contributed by atoms with Crippen LogP contribution in [0.15, 0.2) is 54.7 Å². The van der Waals surface area contributed by atoms with Crippen molar-refractivity contribution in [2.75, 3.05) is 6.54 Å². The summed E-state index contributed by atoms with van der Waals surface area (Å²) < 4.78 is 4.96. The Kier molecular flexibility index (Phi) is 6.41. The molecule has 4 rings (SSSR count). The molecule has 2 aromatic carbocycles. The highest BCUT2D eigenvalue weighted by molar-refractivity contribution is 6.35. The zero-order valence-electron chi connectivity index (χ0n) is 16.7. The van der Waals surface area contributed by atoms with E-state index in [2.05, 4.69) is 40.6 Å². The predicted molar refractivity (Wildman–Crippen MR) is 120 cm³/mol. The van der Waals surface area contributed by atoms with Crippen molar-refractivity contribution in [3.8, 4) is 5.75 Å². The Labute approximate surface area is 180 Å². The second-order valence-electron chi connectivity index (χ2n) is 7.63. The number of unbranched alkanes of at least 4 members (excludes halogenated alkanes) is 1. The first-order valence-electron chi connectivity index (χ1n) is 10.3. The Morgan fingerprint density at radius 2 is 2.00 bits per heavy atom. The molecule has 1 aromatic heterocycles. The highest BCUT2D eigenvalue weighted by Crippen LogP contribution is 2.34. The summed E-state index contributed by atoms with van der Waals surface area (Å²) in [7, 11) is 0. The van der Waals surface area contributed by atoms with Crippen molar-refractivity contribution in [1.29, 1.82) is 0 Å². The van der Waals surface area contributed by atoms with Crippen LogP contribution in [0.1, 0.15) is 36.8 Å². The number of nitrogens with one attached hydrogen (secondary N) is 2. The van der Waals surface area contributed by atoms with Gasteiger partial charge in [0.2, 0.25) is 0 Å². The van der Waals surface area contributed by atoms with E-state index >= 15 is 0 Å². The third-order valence-corrected chi connectivity index (χ3v) is 5.95. The summed E-state index contributed by atoms with van der Waals surface area (Å²) >= 11 is 6.26. The van der Waals surface area contributed by atoms with Crippen molar-refractivity contribution >= 4 is 34.2 Å². The van der Waals surface area contributed by atoms with Crippen LogP contribution in [0, 0.1) is 0 Å². The molecule has 0 amide bonds. The number of benzene rings is 2. The highest BCUT2D eigenvalue weighted by atomic mass is 35.5. The van der Waals surface area contributed by atoms with E-state index < -0.39 is 6.16 Å². The maximum atomic E-state index is 11.0. The molecule has 0 spiro atoms. The number of hydrogen-bond acceptors (Lipinski definition) is 3. The fourth-order valence-corrected chi connectivity index (χ4v) is 4.41. The molecular formula is C24H25ClN2O3. The molecule has 0 radical (unpaired) electrons. The molecule has 0 fully saturated rings. The number of ether oxygens (including phenoxy) is 1. The van der Waals surface area contributed by atoms with Gasteiger partial charge in [0.15, 0.2) is 0 Å². The minimum Gasteiger partial charge on any atom is -0.449 e. The average Bonchev–Trinajstić information content (AvgIpc) is 3.19. The molecule has 6 heteroatoms. The van der Waals surface area contributed by atoms with Gasteiger partial charge in [-0.25, -0.2) is 4.79 Å². The van der Waals surface area contributed by atoms with Crippen molar-refractivity contribution in [2.24, 2.45) is 0 Å². The lowest BCUT2D eigenvalue weighted by Crippen LogP contribution is -2.32. The molecule has 1 aliphatic rings. The molecule has 0 bridgehead atoms. The lowest BCUT2D eigenvalue weighted by Gasteiger charge is -2.24. The molecular weight excluding hydrogens is 400 g/mol. The Balaban J connectivity index is 1.35. The van der Waals surface area contributed by atoms with Crippen molar-refractivity contribution in [3.63, 3.8) is 0 Å². The highest BCUT2D eigenvalue weighted by Gasteiger charge is 2.17. The Morgan fingerprint density at radius 1 is 1.17 bits per heavy atom. The van der Waals surface area contributed by atoms with Crippen LogP contribution >= 0.6 is 11.6 Å². The lowest BCUT2D eigenvalue weighted by molar-refractivity contribution is 0.145. The summed E-state index contributed by atoms with van der Waals surface area (Å²) in [6.45, 7) is 0.908. The number of aryl methyl sites for hydroxylation is 1. The average molecular weight is 425 g/mol. The summed E-state index contributed by atoms with van der Waals surface area (Å²) in [5.74, 6) is 0.324. The van der Waals surface area contributed by atoms with Crippen molar-refractivity contribution in [3.05, 3.63) is 70.9 Å². The maximum absolute atomic E-state index is 11.0. The third-order valence-electron chi connectivity index (χ3n) is 5.64. The van der Waals surface area contributed by atoms with Gasteiger partial charge in [0, 0.05) is 24.2 Å². The first kappa shape index (κ1) is 20.5. The topological polar surface area (TPSA) is 74.3 Å². The minimum atomic E-state index is -1.32. The predicted octanol–water partition coefficient (Wildman–Crippen LogP) is 6.04. The van der Waals surface area contributed by atoms with Gasteiger partial charge in [0.25, 0.3) is 0 Å². The van der Waals surface area contributed by atoms with Crippen molar-refractivity contribution in [1.82, 2.24) is 10.3 Å². The summed E-state index contributed by atoms with van der Waals surface area (Å²) in [5, 5.41) is 13.9. The van der Waals surface area contributed by atoms with Gasteiger partial charge >= 0.3 is 6.16 Å². The summed E-state index contributed by atoms with van der Waals surface area (Å²) in [6.07, 6.45) is 7.94. The van der Waals surface area contributed by atoms with Crippen LogP contribution in [0.5, 0.6) is 5.75 Å². The standard InChI is InChI=1S/C24H25ClN2O3/c25-20-10-11-21(30-24(28)29)22-18(15-27-23(20)22)8-4-5-9-19-14-17(12-13-26-19)16-6-2-1-3-7-16/h1-3,6-7,10-12,15,19,26-27H,4-5,8-9,13-14H2,(H,28,29). The van der Waals surface area contributed by atoms with E-state index in [1.807, 2.05) is 12.3 Å². The number of halogens is 1. The second-order valence-corrected chi connectivity index (χ2v) is 8.04. The molecule has 1 unspecified atom stereocenters. The van der Waals surface area contributed by atoms with Crippen molar-refractivity contribution < 1.29 is 14.6 Å². The van der Waals surface area contributed by atoms with Gasteiger partial charge in [-0.3, -0.25) is 0 Å². The first-order valence-corrected chi connectivity index (χ1v) is 10.7. The van der Waals surface area contributed by atoms with E-state index in [0.29, 0.717) is 16.8 Å². The lowest BCUT2D eigenvalue weighted by atomic mass is 9.92. The maximum Gasteiger partial charge on any atom is 0.511 e. The molecule has 30 heavy (non-hydrogen) atoms. The normalized spacial score (nSPS) is 16.4. The van der Waals surface area contributed by atoms with E-state index in [-0.39, 0.29) is 0 Å². The third kappa shape index (κ3) is 4.69. The quantitative estimate of drug-likeness (QED) is 0.245. The number of fused-ring (bicyclic) bond motifs is 1. The number of carboxylic acid groups (broad SMARTS) is 1. The van der Waals surface area contributed by atoms with E-state index in [1.165, 1.54) is 11.1 Å². The number of carbonyl (C=O) groups is 1. The number of aromatic amines is 1. The molecule has 1 atom stereocenters. The Hall–Kier alpha value is -2.76. The van der Waals surface area contributed by atoms with Crippen LogP contribution in [0.4, 0.5) is 4.79 Å². The molecule has 3 aromatic rings. The molecule has 0 saturated carbocycles. The fourth-order valence-electron chi connectivity index (χ4n) is 4.19. The van der Waals surface area contributed by atoms with Crippen LogP contribution in [0.2, 0.25) is 5.02 Å². The van der Waals surface area contributed by atoms with Gasteiger partial charge in [0.1, 0.15) is 5.75 Å². The number of aromatic nitrogens is 1. The van der Waals surface area contributed by atoms with Crippen LogP contribution in [-0.4, -0.2) is 28.8 Å². The molecule has 2 heterocycles. The molecule has 0 saturated heterocycles. The van der Waals surface area contributed by atoms with Gasteiger partial charge in [-0.2, -0.15) is 0 Å². The van der Waals surface area contributed by atoms with Crippen LogP contribution in [0.25, 0.3) is 16.5 Å². The van der Waals surface area contributed by atoms with Gasteiger partial charge < -0.3 is 20.1 Å². The molecule has 0 aliphatic carbocycles. The summed E-state index contributed by atoms with van der Waals surface area (Å²) in [4.78, 5) is 14.2. The molecule has 3 N–H and O–H groups in total. The monoisotopic (exact) mass is 424 g/mol. The zero-order valence-corrected chi connectivity index (χ0v) is 17.4. The van der Waals surface area contributed by atoms with Gasteiger partial charge in [-0.1, -0.05) is 54.4 Å². The Bertz CT molecular complexity index is 1060. The van der Waals surface area contributed by atoms with Gasteiger partial charge in [0.05, 0.1) is 10.5 Å². The number of hydrogen-bond donors (Lipinski definition) is 3. The first-order chi connectivity index (χ1) is 14.6. The van der Waals surface area contributed by atoms with Gasteiger partial charge in [-0.05, 0) is 54.5 Å². The van der Waals surface area contributed by atoms with E-state index in [4.69, 9.17) is 21.4 Å². The number of rotatable bonds is 7. The van der Waals surface area contributed by atoms with E-state index in [1.54, 1.807) is 12.1 Å². The Morgan fingerprint density at radius 3 is 2.80 bits per heavy atom. The van der Waals surface area contributed by atoms with E-state index in [0.717, 1.165) is 55.1 Å². The SMILES string of the molecule is O=C(O)Oc1ccc(Cl)c2[nH]cc(CCCCC3CC(c4ccccc4)=CCN3)c12. The van der Waals surface area contributed by atoms with Crippen LogP contribution in [-0.2, 0) is 6.42 Å². The molecule has 1 aliphatic heterocycles. The van der Waals surface area contributed by atoms with Crippen molar-refractivity contribution in [2.45, 2.75) is 38.1 Å². The molecule has 5 nitrogen and oxygen atoms in total. The summed E-state index contributed by atoms with van der Waals surface area (Å²) in [6, 6.07) is 14.3. The van der Waals surface area contributed by atoms with Gasteiger partial charge in [-0.15, -0.1) is 0 Å². The second kappa shape index (κ2) is 9.37. The minimum absolute atomic E-state index is 0.324. The zero-order chi connectivity index (χ0) is 20.9.